The molecule has 1 aliphatic heterocycles. The quantitative estimate of drug-likeness (QED) is 0.720. The van der Waals surface area contributed by atoms with E-state index >= 15 is 0 Å². The third-order valence-corrected chi connectivity index (χ3v) is 3.79. The van der Waals surface area contributed by atoms with Crippen molar-refractivity contribution in [3.8, 4) is 0 Å². The average Bonchev–Trinajstić information content (AvgIpc) is 2.42. The molecule has 2 rings (SSSR count). The van der Waals surface area contributed by atoms with Crippen molar-refractivity contribution in [2.75, 3.05) is 30.7 Å². The summed E-state index contributed by atoms with van der Waals surface area (Å²) in [6.45, 7) is 4.24. The van der Waals surface area contributed by atoms with Crippen LogP contribution in [0.15, 0.2) is 23.1 Å². The number of hydrogen-bond acceptors (Lipinski definition) is 4. The molecule has 1 aliphatic rings. The van der Waals surface area contributed by atoms with Crippen molar-refractivity contribution in [2.24, 2.45) is 0 Å². The molecule has 7 heteroatoms. The number of benzene rings is 1. The predicted molar refractivity (Wildman–Crippen MR) is 83.9 cm³/mol. The third-order valence-electron chi connectivity index (χ3n) is 2.71. The van der Waals surface area contributed by atoms with Crippen LogP contribution in [0.5, 0.6) is 0 Å². The van der Waals surface area contributed by atoms with Crippen molar-refractivity contribution in [3.05, 3.63) is 23.8 Å². The van der Waals surface area contributed by atoms with Crippen molar-refractivity contribution < 1.29 is 9.59 Å². The van der Waals surface area contributed by atoms with Crippen LogP contribution in [0.1, 0.15) is 17.3 Å². The average molecular weight is 316 g/mol. The first-order chi connectivity index (χ1) is 9.20. The van der Waals surface area contributed by atoms with E-state index < -0.39 is 0 Å². The molecule has 0 spiro atoms. The highest BCUT2D eigenvalue weighted by Crippen LogP contribution is 2.31. The smallest absolute Gasteiger partial charge is 0.251 e. The number of halogens is 1. The van der Waals surface area contributed by atoms with Gasteiger partial charge in [0.05, 0.1) is 11.4 Å². The third kappa shape index (κ3) is 4.40. The Morgan fingerprint density at radius 3 is 2.95 bits per heavy atom. The molecule has 1 heterocycles. The lowest BCUT2D eigenvalue weighted by Gasteiger charge is -2.16. The molecule has 0 unspecified atom stereocenters. The Morgan fingerprint density at radius 1 is 1.40 bits per heavy atom. The first kappa shape index (κ1) is 16.8. The molecular formula is C13H18ClN3O2S. The molecule has 20 heavy (non-hydrogen) atoms. The normalized spacial score (nSPS) is 12.9. The molecule has 110 valence electrons. The maximum Gasteiger partial charge on any atom is 0.251 e. The molecule has 3 N–H and O–H groups in total. The number of carbonyl (C=O) groups is 2. The van der Waals surface area contributed by atoms with Crippen molar-refractivity contribution in [2.45, 2.75) is 11.8 Å². The van der Waals surface area contributed by atoms with Crippen molar-refractivity contribution in [1.29, 1.82) is 0 Å². The molecule has 5 nitrogen and oxygen atoms in total. The maximum atomic E-state index is 11.9. The Hall–Kier alpha value is -1.24. The van der Waals surface area contributed by atoms with Gasteiger partial charge in [0.25, 0.3) is 5.91 Å². The summed E-state index contributed by atoms with van der Waals surface area (Å²) >= 11 is 1.49. The lowest BCUT2D eigenvalue weighted by Crippen LogP contribution is -2.31. The van der Waals surface area contributed by atoms with Gasteiger partial charge in [0.1, 0.15) is 0 Å². The largest absolute Gasteiger partial charge is 0.351 e. The molecule has 0 aliphatic carbocycles. The summed E-state index contributed by atoms with van der Waals surface area (Å²) in [6.07, 6.45) is 0. The maximum absolute atomic E-state index is 11.9. The minimum atomic E-state index is -0.120. The molecule has 1 aromatic carbocycles. The zero-order valence-corrected chi connectivity index (χ0v) is 12.8. The van der Waals surface area contributed by atoms with Gasteiger partial charge >= 0.3 is 0 Å². The Labute approximate surface area is 128 Å². The second-order valence-corrected chi connectivity index (χ2v) is 5.17. The molecule has 1 aromatic rings. The minimum absolute atomic E-state index is 0. The minimum Gasteiger partial charge on any atom is -0.351 e. The van der Waals surface area contributed by atoms with Gasteiger partial charge in [0, 0.05) is 23.5 Å². The van der Waals surface area contributed by atoms with Gasteiger partial charge in [-0.3, -0.25) is 9.59 Å². The summed E-state index contributed by atoms with van der Waals surface area (Å²) in [7, 11) is 0. The summed E-state index contributed by atoms with van der Waals surface area (Å²) in [4.78, 5) is 24.2. The molecule has 0 atom stereocenters. The van der Waals surface area contributed by atoms with Crippen LogP contribution in [-0.2, 0) is 4.79 Å². The molecule has 0 aromatic heterocycles. The van der Waals surface area contributed by atoms with E-state index in [2.05, 4.69) is 16.0 Å². The van der Waals surface area contributed by atoms with Gasteiger partial charge in [-0.05, 0) is 24.7 Å². The van der Waals surface area contributed by atoms with Crippen molar-refractivity contribution >= 4 is 41.7 Å². The van der Waals surface area contributed by atoms with Gasteiger partial charge in [-0.2, -0.15) is 0 Å². The molecule has 0 bridgehead atoms. The highest BCUT2D eigenvalue weighted by molar-refractivity contribution is 8.00. The second-order valence-electron chi connectivity index (χ2n) is 4.16. The summed E-state index contributed by atoms with van der Waals surface area (Å²) in [5.41, 5.74) is 1.29. The van der Waals surface area contributed by atoms with Crippen LogP contribution < -0.4 is 16.0 Å². The summed E-state index contributed by atoms with van der Waals surface area (Å²) in [6, 6.07) is 5.38. The lowest BCUT2D eigenvalue weighted by molar-refractivity contribution is -0.113. The van der Waals surface area contributed by atoms with Crippen LogP contribution in [0.2, 0.25) is 0 Å². The number of amides is 2. The fourth-order valence-electron chi connectivity index (χ4n) is 1.77. The molecule has 0 fully saturated rings. The van der Waals surface area contributed by atoms with Gasteiger partial charge in [0.2, 0.25) is 5.91 Å². The number of anilines is 1. The number of nitrogens with one attached hydrogen (secondary N) is 3. The van der Waals surface area contributed by atoms with E-state index in [9.17, 15) is 9.59 Å². The highest BCUT2D eigenvalue weighted by Gasteiger charge is 2.17. The number of likely N-dealkylation sites (N-methyl/N-ethyl adjacent to an activating group) is 1. The molecule has 0 saturated carbocycles. The fraction of sp³-hybridized carbons (Fsp3) is 0.385. The zero-order valence-electron chi connectivity index (χ0n) is 11.2. The van der Waals surface area contributed by atoms with E-state index in [0.717, 1.165) is 23.7 Å². The number of rotatable bonds is 5. The Bertz CT molecular complexity index is 497. The van der Waals surface area contributed by atoms with E-state index in [4.69, 9.17) is 0 Å². The highest BCUT2D eigenvalue weighted by atomic mass is 35.5. The van der Waals surface area contributed by atoms with E-state index in [1.807, 2.05) is 13.0 Å². The van der Waals surface area contributed by atoms with E-state index in [-0.39, 0.29) is 24.2 Å². The summed E-state index contributed by atoms with van der Waals surface area (Å²) < 4.78 is 0. The topological polar surface area (TPSA) is 70.2 Å². The molecule has 0 radical (unpaired) electrons. The van der Waals surface area contributed by atoms with Crippen LogP contribution in [0, 0.1) is 0 Å². The lowest BCUT2D eigenvalue weighted by atomic mass is 10.2. The number of hydrogen-bond donors (Lipinski definition) is 3. The monoisotopic (exact) mass is 315 g/mol. The molecule has 2 amide bonds. The Balaban J connectivity index is 0.00000200. The van der Waals surface area contributed by atoms with Crippen molar-refractivity contribution in [3.63, 3.8) is 0 Å². The van der Waals surface area contributed by atoms with Crippen LogP contribution in [0.4, 0.5) is 5.69 Å². The van der Waals surface area contributed by atoms with Gasteiger partial charge < -0.3 is 16.0 Å². The Morgan fingerprint density at radius 2 is 2.20 bits per heavy atom. The van der Waals surface area contributed by atoms with Crippen molar-refractivity contribution in [1.82, 2.24) is 10.6 Å². The standard InChI is InChI=1S/C13H17N3O2S.ClH/c1-2-14-5-6-15-13(18)9-3-4-11-10(7-9)16-12(17)8-19-11;/h3-4,7,14H,2,5-6,8H2,1H3,(H,15,18)(H,16,17);1H. The Kier molecular flexibility index (Phi) is 6.84. The van der Waals surface area contributed by atoms with Gasteiger partial charge in [-0.1, -0.05) is 6.92 Å². The fourth-order valence-corrected chi connectivity index (χ4v) is 2.56. The number of fused-ring (bicyclic) bond motifs is 1. The summed E-state index contributed by atoms with van der Waals surface area (Å²) in [5, 5.41) is 8.75. The van der Waals surface area contributed by atoms with Crippen LogP contribution in [-0.4, -0.2) is 37.2 Å². The van der Waals surface area contributed by atoms with E-state index in [1.54, 1.807) is 12.1 Å². The van der Waals surface area contributed by atoms with Crippen LogP contribution >= 0.6 is 24.2 Å². The first-order valence-electron chi connectivity index (χ1n) is 6.26. The van der Waals surface area contributed by atoms with Crippen LogP contribution in [0.25, 0.3) is 0 Å². The van der Waals surface area contributed by atoms with Gasteiger partial charge in [-0.15, -0.1) is 24.2 Å². The SMILES string of the molecule is CCNCCNC(=O)c1ccc2c(c1)NC(=O)CS2.Cl. The summed E-state index contributed by atoms with van der Waals surface area (Å²) in [5.74, 6) is 0.286. The molecular weight excluding hydrogens is 298 g/mol. The first-order valence-corrected chi connectivity index (χ1v) is 7.25. The number of thioether (sulfide) groups is 1. The van der Waals surface area contributed by atoms with E-state index in [0.29, 0.717) is 17.9 Å². The zero-order chi connectivity index (χ0) is 13.7. The molecule has 0 saturated heterocycles. The predicted octanol–water partition coefficient (Wildman–Crippen LogP) is 1.49. The number of carbonyl (C=O) groups excluding carboxylic acids is 2. The van der Waals surface area contributed by atoms with Gasteiger partial charge in [0.15, 0.2) is 0 Å². The van der Waals surface area contributed by atoms with Gasteiger partial charge in [-0.25, -0.2) is 0 Å². The van der Waals surface area contributed by atoms with E-state index in [1.165, 1.54) is 11.8 Å². The second kappa shape index (κ2) is 8.14. The van der Waals surface area contributed by atoms with Crippen LogP contribution in [0.3, 0.4) is 0 Å².